The van der Waals surface area contributed by atoms with Crippen LogP contribution in [0.1, 0.15) is 27.9 Å². The average Bonchev–Trinajstić information content (AvgIpc) is 2.59. The summed E-state index contributed by atoms with van der Waals surface area (Å²) >= 11 is 0. The van der Waals surface area contributed by atoms with Gasteiger partial charge in [0, 0.05) is 18.0 Å². The number of hydrogen-bond donors (Lipinski definition) is 2. The lowest BCUT2D eigenvalue weighted by Crippen LogP contribution is -2.23. The predicted octanol–water partition coefficient (Wildman–Crippen LogP) is 2.38. The highest BCUT2D eigenvalue weighted by atomic mass is 16.5. The molecule has 0 fully saturated rings. The third-order valence-corrected chi connectivity index (χ3v) is 4.04. The quantitative estimate of drug-likeness (QED) is 0.671. The molecular weight excluding hydrogens is 280 g/mol. The molecule has 1 aliphatic carbocycles. The molecular formula is C17H18N2O3. The molecule has 1 amide bonds. The number of aromatic nitrogens is 1. The lowest BCUT2D eigenvalue weighted by atomic mass is 9.83. The third-order valence-electron chi connectivity index (χ3n) is 4.04. The van der Waals surface area contributed by atoms with Crippen LogP contribution in [0, 0.1) is 5.92 Å². The van der Waals surface area contributed by atoms with E-state index < -0.39 is 5.91 Å². The molecule has 1 aromatic carbocycles. The van der Waals surface area contributed by atoms with Crippen LogP contribution in [0.2, 0.25) is 0 Å². The fourth-order valence-electron chi connectivity index (χ4n) is 2.83. The van der Waals surface area contributed by atoms with E-state index in [0.29, 0.717) is 18.1 Å². The molecule has 1 atom stereocenters. The van der Waals surface area contributed by atoms with Crippen molar-refractivity contribution in [2.45, 2.75) is 19.3 Å². The Labute approximate surface area is 128 Å². The number of benzene rings is 1. The number of carbonyl (C=O) groups is 1. The van der Waals surface area contributed by atoms with Gasteiger partial charge < -0.3 is 4.74 Å². The number of hydrogen-bond acceptors (Lipinski definition) is 4. The van der Waals surface area contributed by atoms with Gasteiger partial charge in [0.1, 0.15) is 5.75 Å². The van der Waals surface area contributed by atoms with Gasteiger partial charge in [-0.25, -0.2) is 5.48 Å². The second-order valence-electron chi connectivity index (χ2n) is 5.53. The standard InChI is InChI=1S/C17H18N2O3/c20-17(19-21)14-4-3-13-2-1-12(9-15(13)10-14)11-22-16-5-7-18-8-6-16/h3-8,10,12,21H,1-2,9,11H2,(H,19,20). The molecule has 2 N–H and O–H groups in total. The number of fused-ring (bicyclic) bond motifs is 1. The number of ether oxygens (including phenoxy) is 1. The van der Waals surface area contributed by atoms with Crippen molar-refractivity contribution in [3.63, 3.8) is 0 Å². The minimum absolute atomic E-state index is 0.424. The van der Waals surface area contributed by atoms with Gasteiger partial charge in [-0.05, 0) is 60.6 Å². The van der Waals surface area contributed by atoms with Gasteiger partial charge >= 0.3 is 0 Å². The van der Waals surface area contributed by atoms with Crippen molar-refractivity contribution in [3.8, 4) is 5.75 Å². The summed E-state index contributed by atoms with van der Waals surface area (Å²) in [4.78, 5) is 15.5. The molecule has 114 valence electrons. The molecule has 1 aliphatic rings. The lowest BCUT2D eigenvalue weighted by molar-refractivity contribution is 0.0706. The molecule has 1 heterocycles. The molecule has 1 aromatic heterocycles. The smallest absolute Gasteiger partial charge is 0.274 e. The minimum atomic E-state index is -0.474. The Morgan fingerprint density at radius 3 is 2.86 bits per heavy atom. The predicted molar refractivity (Wildman–Crippen MR) is 80.9 cm³/mol. The van der Waals surface area contributed by atoms with Gasteiger partial charge in [0.2, 0.25) is 0 Å². The van der Waals surface area contributed by atoms with Crippen LogP contribution in [0.25, 0.3) is 0 Å². The van der Waals surface area contributed by atoms with Crippen molar-refractivity contribution in [2.24, 2.45) is 5.92 Å². The molecule has 2 aromatic rings. The number of rotatable bonds is 4. The summed E-state index contributed by atoms with van der Waals surface area (Å²) < 4.78 is 5.80. The van der Waals surface area contributed by atoms with Crippen molar-refractivity contribution in [1.82, 2.24) is 10.5 Å². The number of carbonyl (C=O) groups excluding carboxylic acids is 1. The maximum absolute atomic E-state index is 11.5. The molecule has 5 nitrogen and oxygen atoms in total. The zero-order chi connectivity index (χ0) is 15.4. The van der Waals surface area contributed by atoms with Crippen molar-refractivity contribution in [2.75, 3.05) is 6.61 Å². The van der Waals surface area contributed by atoms with E-state index in [9.17, 15) is 4.79 Å². The summed E-state index contributed by atoms with van der Waals surface area (Å²) in [5, 5.41) is 8.73. The fraction of sp³-hybridized carbons (Fsp3) is 0.294. The number of pyridine rings is 1. The highest BCUT2D eigenvalue weighted by molar-refractivity contribution is 5.93. The number of nitrogens with zero attached hydrogens (tertiary/aromatic N) is 1. The molecule has 0 saturated heterocycles. The van der Waals surface area contributed by atoms with Crippen molar-refractivity contribution >= 4 is 5.91 Å². The summed E-state index contributed by atoms with van der Waals surface area (Å²) in [5.74, 6) is 0.778. The molecule has 5 heteroatoms. The van der Waals surface area contributed by atoms with Crippen LogP contribution in [-0.2, 0) is 12.8 Å². The molecule has 3 rings (SSSR count). The van der Waals surface area contributed by atoms with Crippen molar-refractivity contribution in [1.29, 1.82) is 0 Å². The van der Waals surface area contributed by atoms with E-state index in [-0.39, 0.29) is 0 Å². The molecule has 1 unspecified atom stereocenters. The van der Waals surface area contributed by atoms with Crippen LogP contribution in [0.15, 0.2) is 42.7 Å². The molecule has 22 heavy (non-hydrogen) atoms. The first-order valence-electron chi connectivity index (χ1n) is 7.35. The average molecular weight is 298 g/mol. The fourth-order valence-corrected chi connectivity index (χ4v) is 2.83. The number of aryl methyl sites for hydroxylation is 1. The van der Waals surface area contributed by atoms with Crippen LogP contribution >= 0.6 is 0 Å². The second kappa shape index (κ2) is 6.58. The highest BCUT2D eigenvalue weighted by Crippen LogP contribution is 2.27. The van der Waals surface area contributed by atoms with Gasteiger partial charge in [-0.1, -0.05) is 6.07 Å². The topological polar surface area (TPSA) is 71.5 Å². The lowest BCUT2D eigenvalue weighted by Gasteiger charge is -2.25. The monoisotopic (exact) mass is 298 g/mol. The highest BCUT2D eigenvalue weighted by Gasteiger charge is 2.20. The maximum atomic E-state index is 11.5. The zero-order valence-electron chi connectivity index (χ0n) is 12.2. The van der Waals surface area contributed by atoms with Crippen LogP contribution in [0.3, 0.4) is 0 Å². The van der Waals surface area contributed by atoms with E-state index in [4.69, 9.17) is 9.94 Å². The molecule has 0 radical (unpaired) electrons. The summed E-state index contributed by atoms with van der Waals surface area (Å²) in [7, 11) is 0. The Morgan fingerprint density at radius 1 is 1.27 bits per heavy atom. The van der Waals surface area contributed by atoms with Gasteiger partial charge in [0.15, 0.2) is 0 Å². The Bertz CT molecular complexity index is 658. The summed E-state index contributed by atoms with van der Waals surface area (Å²) in [6.45, 7) is 0.653. The van der Waals surface area contributed by atoms with Crippen molar-refractivity contribution in [3.05, 3.63) is 59.4 Å². The van der Waals surface area contributed by atoms with Gasteiger partial charge in [0.05, 0.1) is 6.61 Å². The largest absolute Gasteiger partial charge is 0.493 e. The van der Waals surface area contributed by atoms with Gasteiger partial charge in [-0.2, -0.15) is 0 Å². The zero-order valence-corrected chi connectivity index (χ0v) is 12.2. The Balaban J connectivity index is 1.66. The van der Waals surface area contributed by atoms with Crippen LogP contribution < -0.4 is 10.2 Å². The first kappa shape index (κ1) is 14.5. The first-order chi connectivity index (χ1) is 10.8. The van der Waals surface area contributed by atoms with E-state index in [0.717, 1.165) is 30.6 Å². The van der Waals surface area contributed by atoms with Gasteiger partial charge in [0.25, 0.3) is 5.91 Å². The van der Waals surface area contributed by atoms with E-state index in [1.54, 1.807) is 23.9 Å². The first-order valence-corrected chi connectivity index (χ1v) is 7.35. The van der Waals surface area contributed by atoms with E-state index in [2.05, 4.69) is 4.98 Å². The molecule has 0 saturated carbocycles. The second-order valence-corrected chi connectivity index (χ2v) is 5.53. The number of amides is 1. The maximum Gasteiger partial charge on any atom is 0.274 e. The Morgan fingerprint density at radius 2 is 2.09 bits per heavy atom. The van der Waals surface area contributed by atoms with E-state index in [1.807, 2.05) is 24.3 Å². The molecule has 0 spiro atoms. The van der Waals surface area contributed by atoms with E-state index >= 15 is 0 Å². The van der Waals surface area contributed by atoms with Crippen LogP contribution in [-0.4, -0.2) is 22.7 Å². The van der Waals surface area contributed by atoms with Gasteiger partial charge in [-0.15, -0.1) is 0 Å². The molecule has 0 aliphatic heterocycles. The van der Waals surface area contributed by atoms with Crippen LogP contribution in [0.5, 0.6) is 5.75 Å². The van der Waals surface area contributed by atoms with E-state index in [1.165, 1.54) is 5.56 Å². The number of nitrogens with one attached hydrogen (secondary N) is 1. The summed E-state index contributed by atoms with van der Waals surface area (Å²) in [6, 6.07) is 9.28. The molecule has 0 bridgehead atoms. The Kier molecular flexibility index (Phi) is 4.34. The normalized spacial score (nSPS) is 16.7. The SMILES string of the molecule is O=C(NO)c1ccc2c(c1)CC(COc1ccncc1)CC2. The summed E-state index contributed by atoms with van der Waals surface area (Å²) in [5.41, 5.74) is 4.60. The number of hydroxylamine groups is 1. The van der Waals surface area contributed by atoms with Crippen LogP contribution in [0.4, 0.5) is 0 Å². The third kappa shape index (κ3) is 3.26. The Hall–Kier alpha value is -2.40. The van der Waals surface area contributed by atoms with Gasteiger partial charge in [-0.3, -0.25) is 15.0 Å². The minimum Gasteiger partial charge on any atom is -0.493 e. The summed E-state index contributed by atoms with van der Waals surface area (Å²) in [6.07, 6.45) is 6.37. The van der Waals surface area contributed by atoms with Crippen molar-refractivity contribution < 1.29 is 14.7 Å².